The van der Waals surface area contributed by atoms with Gasteiger partial charge in [0, 0.05) is 25.6 Å². The van der Waals surface area contributed by atoms with Gasteiger partial charge in [-0.3, -0.25) is 4.90 Å². The molecule has 5 heteroatoms. The molecule has 0 radical (unpaired) electrons. The standard InChI is InChI=1S/C30H47NO3Si/c1-22(2)35(23(3)4,24(5)6)34-28-15-13-27(14-16-28)29(32)25(7)31-19-17-30(33,18-20-31)21-26-11-9-8-10-12-26/h8-16,22-25,29,32-33H,17-21H2,1-7H3/t25-,29+/m0/s1. The third-order valence-corrected chi connectivity index (χ3v) is 14.4. The number of rotatable bonds is 10. The number of aliphatic hydroxyl groups excluding tert-OH is 1. The van der Waals surface area contributed by atoms with Gasteiger partial charge in [0.05, 0.1) is 11.7 Å². The molecule has 0 saturated carbocycles. The van der Waals surface area contributed by atoms with Crippen molar-refractivity contribution in [2.24, 2.45) is 0 Å². The van der Waals surface area contributed by atoms with Crippen LogP contribution in [-0.4, -0.2) is 48.2 Å². The van der Waals surface area contributed by atoms with Crippen molar-refractivity contribution in [3.05, 3.63) is 65.7 Å². The first-order chi connectivity index (χ1) is 16.5. The largest absolute Gasteiger partial charge is 0.543 e. The van der Waals surface area contributed by atoms with Crippen LogP contribution in [-0.2, 0) is 6.42 Å². The summed E-state index contributed by atoms with van der Waals surface area (Å²) in [7, 11) is -2.00. The number of hydrogen-bond acceptors (Lipinski definition) is 4. The monoisotopic (exact) mass is 497 g/mol. The summed E-state index contributed by atoms with van der Waals surface area (Å²) in [6.07, 6.45) is 1.55. The lowest BCUT2D eigenvalue weighted by Gasteiger charge is -2.42. The third kappa shape index (κ3) is 6.37. The van der Waals surface area contributed by atoms with Gasteiger partial charge in [-0.25, -0.2) is 0 Å². The van der Waals surface area contributed by atoms with E-state index in [0.717, 1.165) is 37.2 Å². The van der Waals surface area contributed by atoms with E-state index in [9.17, 15) is 10.2 Å². The molecule has 4 nitrogen and oxygen atoms in total. The van der Waals surface area contributed by atoms with Gasteiger partial charge in [0.25, 0.3) is 8.32 Å². The van der Waals surface area contributed by atoms with Crippen LogP contribution in [0.15, 0.2) is 54.6 Å². The van der Waals surface area contributed by atoms with Gasteiger partial charge in [-0.2, -0.15) is 0 Å². The van der Waals surface area contributed by atoms with Crippen LogP contribution in [0.3, 0.4) is 0 Å². The zero-order chi connectivity index (χ0) is 25.8. The van der Waals surface area contributed by atoms with Crippen molar-refractivity contribution >= 4 is 8.32 Å². The second-order valence-corrected chi connectivity index (χ2v) is 17.0. The zero-order valence-electron chi connectivity index (χ0n) is 22.9. The normalized spacial score (nSPS) is 18.7. The van der Waals surface area contributed by atoms with Crippen LogP contribution in [0.5, 0.6) is 5.75 Å². The Kier molecular flexibility index (Phi) is 9.25. The van der Waals surface area contributed by atoms with Gasteiger partial charge in [-0.15, -0.1) is 0 Å². The first-order valence-electron chi connectivity index (χ1n) is 13.5. The van der Waals surface area contributed by atoms with Gasteiger partial charge in [-0.1, -0.05) is 84.0 Å². The average Bonchev–Trinajstić information content (AvgIpc) is 2.82. The lowest BCUT2D eigenvalue weighted by atomic mass is 9.84. The number of hydrogen-bond donors (Lipinski definition) is 2. The molecule has 1 aliphatic rings. The summed E-state index contributed by atoms with van der Waals surface area (Å²) in [6, 6.07) is 18.3. The maximum Gasteiger partial charge on any atom is 0.258 e. The minimum Gasteiger partial charge on any atom is -0.543 e. The molecule has 35 heavy (non-hydrogen) atoms. The molecule has 2 aromatic carbocycles. The smallest absolute Gasteiger partial charge is 0.258 e. The molecule has 0 unspecified atom stereocenters. The molecule has 0 aromatic heterocycles. The minimum absolute atomic E-state index is 0.0153. The summed E-state index contributed by atoms with van der Waals surface area (Å²) in [5.74, 6) is 0.917. The maximum atomic E-state index is 11.2. The molecular weight excluding hydrogens is 450 g/mol. The van der Waals surface area contributed by atoms with E-state index in [4.69, 9.17) is 4.43 Å². The van der Waals surface area contributed by atoms with Crippen LogP contribution >= 0.6 is 0 Å². The van der Waals surface area contributed by atoms with E-state index >= 15 is 0 Å². The lowest BCUT2D eigenvalue weighted by Crippen LogP contribution is -2.50. The Hall–Kier alpha value is -1.66. The molecule has 2 aromatic rings. The topological polar surface area (TPSA) is 52.9 Å². The van der Waals surface area contributed by atoms with Gasteiger partial charge >= 0.3 is 0 Å². The van der Waals surface area contributed by atoms with E-state index in [0.29, 0.717) is 23.0 Å². The lowest BCUT2D eigenvalue weighted by molar-refractivity contribution is -0.0456. The Morgan fingerprint density at radius 3 is 1.83 bits per heavy atom. The highest BCUT2D eigenvalue weighted by molar-refractivity contribution is 6.78. The molecule has 2 atom stereocenters. The van der Waals surface area contributed by atoms with E-state index < -0.39 is 20.0 Å². The fraction of sp³-hybridized carbons (Fsp3) is 0.600. The Bertz CT molecular complexity index is 883. The minimum atomic E-state index is -2.00. The van der Waals surface area contributed by atoms with Gasteiger partial charge in [-0.05, 0) is 59.6 Å². The van der Waals surface area contributed by atoms with Crippen LogP contribution in [0.1, 0.15) is 78.5 Å². The highest BCUT2D eigenvalue weighted by Crippen LogP contribution is 2.43. The van der Waals surface area contributed by atoms with Gasteiger partial charge in [0.2, 0.25) is 0 Å². The average molecular weight is 498 g/mol. The fourth-order valence-electron chi connectivity index (χ4n) is 6.27. The molecule has 1 saturated heterocycles. The molecular formula is C30H47NO3Si. The van der Waals surface area contributed by atoms with Crippen molar-refractivity contribution in [2.75, 3.05) is 13.1 Å². The van der Waals surface area contributed by atoms with Crippen LogP contribution < -0.4 is 4.43 Å². The number of aliphatic hydroxyl groups is 2. The van der Waals surface area contributed by atoms with E-state index in [-0.39, 0.29) is 6.04 Å². The molecule has 0 bridgehead atoms. The van der Waals surface area contributed by atoms with E-state index in [1.807, 2.05) is 42.5 Å². The summed E-state index contributed by atoms with van der Waals surface area (Å²) >= 11 is 0. The highest BCUT2D eigenvalue weighted by atomic mass is 28.4. The van der Waals surface area contributed by atoms with Crippen LogP contribution in [0.25, 0.3) is 0 Å². The predicted molar refractivity (Wildman–Crippen MR) is 148 cm³/mol. The summed E-state index contributed by atoms with van der Waals surface area (Å²) in [5.41, 5.74) is 2.99. The highest BCUT2D eigenvalue weighted by Gasteiger charge is 2.47. The SMILES string of the molecule is CC(C)[Si](Oc1ccc([C@H](O)[C@H](C)N2CCC(O)(Cc3ccccc3)CC2)cc1)(C(C)C)C(C)C. The molecule has 194 valence electrons. The first kappa shape index (κ1) is 27.9. The van der Waals surface area contributed by atoms with Crippen molar-refractivity contribution in [3.63, 3.8) is 0 Å². The fourth-order valence-corrected chi connectivity index (χ4v) is 11.5. The molecule has 1 fully saturated rings. The molecule has 1 heterocycles. The van der Waals surface area contributed by atoms with Crippen molar-refractivity contribution in [3.8, 4) is 5.75 Å². The van der Waals surface area contributed by atoms with Crippen LogP contribution in [0.2, 0.25) is 16.6 Å². The Morgan fingerprint density at radius 2 is 1.34 bits per heavy atom. The Morgan fingerprint density at radius 1 is 0.829 bits per heavy atom. The number of likely N-dealkylation sites (tertiary alicyclic amines) is 1. The van der Waals surface area contributed by atoms with Crippen LogP contribution in [0, 0.1) is 0 Å². The van der Waals surface area contributed by atoms with Gasteiger partial charge in [0.1, 0.15) is 5.75 Å². The summed E-state index contributed by atoms with van der Waals surface area (Å²) in [6.45, 7) is 17.4. The molecule has 0 amide bonds. The third-order valence-electron chi connectivity index (χ3n) is 8.36. The quantitative estimate of drug-likeness (QED) is 0.357. The van der Waals surface area contributed by atoms with Gasteiger partial charge in [0.15, 0.2) is 0 Å². The van der Waals surface area contributed by atoms with Crippen LogP contribution in [0.4, 0.5) is 0 Å². The van der Waals surface area contributed by atoms with E-state index in [1.54, 1.807) is 0 Å². The van der Waals surface area contributed by atoms with Crippen molar-refractivity contribution in [1.29, 1.82) is 0 Å². The molecule has 1 aliphatic heterocycles. The van der Waals surface area contributed by atoms with Crippen molar-refractivity contribution in [1.82, 2.24) is 4.90 Å². The number of nitrogens with zero attached hydrogens (tertiary/aromatic N) is 1. The maximum absolute atomic E-state index is 11.2. The predicted octanol–water partition coefficient (Wildman–Crippen LogP) is 6.73. The van der Waals surface area contributed by atoms with E-state index in [1.165, 1.54) is 5.56 Å². The molecule has 2 N–H and O–H groups in total. The number of benzene rings is 2. The van der Waals surface area contributed by atoms with E-state index in [2.05, 4.69) is 65.5 Å². The summed E-state index contributed by atoms with van der Waals surface area (Å²) in [5, 5.41) is 22.3. The second-order valence-electron chi connectivity index (χ2n) is 11.6. The summed E-state index contributed by atoms with van der Waals surface area (Å²) < 4.78 is 6.79. The zero-order valence-corrected chi connectivity index (χ0v) is 23.9. The first-order valence-corrected chi connectivity index (χ1v) is 15.6. The van der Waals surface area contributed by atoms with Crippen molar-refractivity contribution < 1.29 is 14.6 Å². The Labute approximate surface area is 214 Å². The van der Waals surface area contributed by atoms with Gasteiger partial charge < -0.3 is 14.6 Å². The molecule has 0 aliphatic carbocycles. The molecule has 0 spiro atoms. The number of piperidine rings is 1. The molecule has 3 rings (SSSR count). The summed E-state index contributed by atoms with van der Waals surface area (Å²) in [4.78, 5) is 2.31. The Balaban J connectivity index is 1.62. The second kappa shape index (κ2) is 11.6. The van der Waals surface area contributed by atoms with Crippen molar-refractivity contribution in [2.45, 2.75) is 102 Å².